The highest BCUT2D eigenvalue weighted by Gasteiger charge is 2.22. The lowest BCUT2D eigenvalue weighted by Gasteiger charge is -2.16. The van der Waals surface area contributed by atoms with Gasteiger partial charge in [-0.25, -0.2) is 4.98 Å². The Morgan fingerprint density at radius 2 is 2.25 bits per heavy atom. The number of nitrogens with zero attached hydrogens (tertiary/aromatic N) is 2. The third-order valence-electron chi connectivity index (χ3n) is 2.52. The summed E-state index contributed by atoms with van der Waals surface area (Å²) in [6.45, 7) is 4.92. The molecule has 1 aromatic rings. The van der Waals surface area contributed by atoms with Crippen molar-refractivity contribution < 1.29 is 4.79 Å². The van der Waals surface area contributed by atoms with Crippen LogP contribution in [0.3, 0.4) is 0 Å². The first-order valence-electron chi connectivity index (χ1n) is 5.71. The van der Waals surface area contributed by atoms with Gasteiger partial charge in [-0.2, -0.15) is 0 Å². The lowest BCUT2D eigenvalue weighted by Crippen LogP contribution is -2.25. The summed E-state index contributed by atoms with van der Waals surface area (Å²) in [4.78, 5) is 17.8. The lowest BCUT2D eigenvalue weighted by molar-refractivity contribution is -0.117. The third kappa shape index (κ3) is 2.32. The fourth-order valence-electron chi connectivity index (χ4n) is 1.84. The highest BCUT2D eigenvalue weighted by molar-refractivity contribution is 5.94. The van der Waals surface area contributed by atoms with Crippen LogP contribution in [0.4, 0.5) is 11.6 Å². The molecule has 0 aliphatic carbocycles. The molecule has 1 N–H and O–H groups in total. The third-order valence-corrected chi connectivity index (χ3v) is 2.52. The molecule has 86 valence electrons. The molecule has 1 aromatic heterocycles. The second-order valence-electron chi connectivity index (χ2n) is 4.33. The second kappa shape index (κ2) is 4.51. The van der Waals surface area contributed by atoms with E-state index in [9.17, 15) is 4.79 Å². The molecule has 4 nitrogen and oxygen atoms in total. The SMILES string of the molecule is CC(C)Nc1cccc(N2CCCC2=O)n1. The van der Waals surface area contributed by atoms with Crippen molar-refractivity contribution in [2.24, 2.45) is 0 Å². The number of aromatic nitrogens is 1. The molecular weight excluding hydrogens is 202 g/mol. The number of carbonyl (C=O) groups excluding carboxylic acids is 1. The molecule has 1 saturated heterocycles. The molecule has 0 bridgehead atoms. The van der Waals surface area contributed by atoms with Gasteiger partial charge in [0.2, 0.25) is 5.91 Å². The lowest BCUT2D eigenvalue weighted by atomic mass is 10.3. The maximum Gasteiger partial charge on any atom is 0.228 e. The first-order chi connectivity index (χ1) is 7.66. The standard InChI is InChI=1S/C12H17N3O/c1-9(2)13-10-5-3-6-11(14-10)15-8-4-7-12(15)16/h3,5-6,9H,4,7-8H2,1-2H3,(H,13,14). The Bertz CT molecular complexity index is 390. The van der Waals surface area contributed by atoms with Crippen LogP contribution in [0.5, 0.6) is 0 Å². The first kappa shape index (κ1) is 10.9. The number of carbonyl (C=O) groups is 1. The quantitative estimate of drug-likeness (QED) is 0.846. The molecule has 0 radical (unpaired) electrons. The average molecular weight is 219 g/mol. The Morgan fingerprint density at radius 1 is 1.44 bits per heavy atom. The fraction of sp³-hybridized carbons (Fsp3) is 0.500. The van der Waals surface area contributed by atoms with Gasteiger partial charge in [-0.1, -0.05) is 6.07 Å². The first-order valence-corrected chi connectivity index (χ1v) is 5.71. The van der Waals surface area contributed by atoms with Crippen molar-refractivity contribution in [3.05, 3.63) is 18.2 Å². The van der Waals surface area contributed by atoms with Crippen molar-refractivity contribution in [2.75, 3.05) is 16.8 Å². The van der Waals surface area contributed by atoms with Crippen molar-refractivity contribution in [3.63, 3.8) is 0 Å². The van der Waals surface area contributed by atoms with E-state index in [-0.39, 0.29) is 5.91 Å². The highest BCUT2D eigenvalue weighted by atomic mass is 16.2. The van der Waals surface area contributed by atoms with Gasteiger partial charge >= 0.3 is 0 Å². The van der Waals surface area contributed by atoms with Crippen molar-refractivity contribution in [3.8, 4) is 0 Å². The minimum atomic E-state index is 0.175. The van der Waals surface area contributed by atoms with Gasteiger partial charge in [-0.3, -0.25) is 9.69 Å². The minimum Gasteiger partial charge on any atom is -0.368 e. The summed E-state index contributed by atoms with van der Waals surface area (Å²) < 4.78 is 0. The van der Waals surface area contributed by atoms with E-state index < -0.39 is 0 Å². The van der Waals surface area contributed by atoms with Crippen LogP contribution in [-0.2, 0) is 4.79 Å². The molecule has 4 heteroatoms. The predicted octanol–water partition coefficient (Wildman–Crippen LogP) is 2.03. The Morgan fingerprint density at radius 3 is 2.88 bits per heavy atom. The Hall–Kier alpha value is -1.58. The van der Waals surface area contributed by atoms with Crippen LogP contribution in [0.1, 0.15) is 26.7 Å². The highest BCUT2D eigenvalue weighted by Crippen LogP contribution is 2.20. The molecule has 1 aliphatic rings. The molecular formula is C12H17N3O. The zero-order valence-corrected chi connectivity index (χ0v) is 9.73. The predicted molar refractivity (Wildman–Crippen MR) is 64.6 cm³/mol. The molecule has 1 amide bonds. The molecule has 0 saturated carbocycles. The van der Waals surface area contributed by atoms with Crippen molar-refractivity contribution in [1.29, 1.82) is 0 Å². The fourth-order valence-corrected chi connectivity index (χ4v) is 1.84. The Balaban J connectivity index is 2.18. The van der Waals surface area contributed by atoms with E-state index in [1.807, 2.05) is 18.2 Å². The van der Waals surface area contributed by atoms with Gasteiger partial charge in [-0.05, 0) is 32.4 Å². The summed E-state index contributed by atoms with van der Waals surface area (Å²) in [5, 5.41) is 3.23. The minimum absolute atomic E-state index is 0.175. The van der Waals surface area contributed by atoms with Crippen LogP contribution >= 0.6 is 0 Å². The van der Waals surface area contributed by atoms with E-state index in [1.54, 1.807) is 4.90 Å². The monoisotopic (exact) mass is 219 g/mol. The number of amides is 1. The zero-order valence-electron chi connectivity index (χ0n) is 9.73. The number of anilines is 2. The molecule has 0 atom stereocenters. The van der Waals surface area contributed by atoms with E-state index in [0.29, 0.717) is 12.5 Å². The number of nitrogens with one attached hydrogen (secondary N) is 1. The van der Waals surface area contributed by atoms with Gasteiger partial charge in [0.1, 0.15) is 11.6 Å². The van der Waals surface area contributed by atoms with E-state index in [1.165, 1.54) is 0 Å². The largest absolute Gasteiger partial charge is 0.368 e. The van der Waals surface area contributed by atoms with Crippen molar-refractivity contribution in [1.82, 2.24) is 4.98 Å². The molecule has 0 unspecified atom stereocenters. The summed E-state index contributed by atoms with van der Waals surface area (Å²) in [7, 11) is 0. The van der Waals surface area contributed by atoms with Crippen molar-refractivity contribution in [2.45, 2.75) is 32.7 Å². The number of hydrogen-bond acceptors (Lipinski definition) is 3. The number of pyridine rings is 1. The summed E-state index contributed by atoms with van der Waals surface area (Å²) in [6.07, 6.45) is 1.58. The molecule has 2 heterocycles. The number of rotatable bonds is 3. The van der Waals surface area contributed by atoms with Crippen LogP contribution in [0.15, 0.2) is 18.2 Å². The summed E-state index contributed by atoms with van der Waals surface area (Å²) in [5.41, 5.74) is 0. The van der Waals surface area contributed by atoms with Gasteiger partial charge in [0, 0.05) is 19.0 Å². The average Bonchev–Trinajstić information content (AvgIpc) is 2.64. The zero-order chi connectivity index (χ0) is 11.5. The van der Waals surface area contributed by atoms with Gasteiger partial charge in [-0.15, -0.1) is 0 Å². The molecule has 0 spiro atoms. The second-order valence-corrected chi connectivity index (χ2v) is 4.33. The van der Waals surface area contributed by atoms with Gasteiger partial charge in [0.05, 0.1) is 0 Å². The molecule has 16 heavy (non-hydrogen) atoms. The van der Waals surface area contributed by atoms with Crippen LogP contribution in [0, 0.1) is 0 Å². The summed E-state index contributed by atoms with van der Waals surface area (Å²) in [6, 6.07) is 6.08. The normalized spacial score (nSPS) is 15.9. The molecule has 1 aliphatic heterocycles. The molecule has 2 rings (SSSR count). The van der Waals surface area contributed by atoms with Crippen molar-refractivity contribution >= 4 is 17.5 Å². The molecule has 0 aromatic carbocycles. The summed E-state index contributed by atoms with van der Waals surface area (Å²) >= 11 is 0. The molecule has 1 fully saturated rings. The van der Waals surface area contributed by atoms with Gasteiger partial charge in [0.15, 0.2) is 0 Å². The van der Waals surface area contributed by atoms with E-state index in [0.717, 1.165) is 24.6 Å². The van der Waals surface area contributed by atoms with E-state index in [4.69, 9.17) is 0 Å². The van der Waals surface area contributed by atoms with E-state index in [2.05, 4.69) is 24.1 Å². The number of hydrogen-bond donors (Lipinski definition) is 1. The Kier molecular flexibility index (Phi) is 3.08. The maximum absolute atomic E-state index is 11.6. The van der Waals surface area contributed by atoms with Crippen LogP contribution in [0.25, 0.3) is 0 Å². The topological polar surface area (TPSA) is 45.2 Å². The Labute approximate surface area is 95.7 Å². The van der Waals surface area contributed by atoms with Gasteiger partial charge in [0.25, 0.3) is 0 Å². The van der Waals surface area contributed by atoms with Crippen LogP contribution in [-0.4, -0.2) is 23.5 Å². The van der Waals surface area contributed by atoms with Crippen LogP contribution < -0.4 is 10.2 Å². The van der Waals surface area contributed by atoms with E-state index >= 15 is 0 Å². The van der Waals surface area contributed by atoms with Crippen LogP contribution in [0.2, 0.25) is 0 Å². The summed E-state index contributed by atoms with van der Waals surface area (Å²) in [5.74, 6) is 1.76. The maximum atomic E-state index is 11.6. The van der Waals surface area contributed by atoms with Gasteiger partial charge < -0.3 is 5.32 Å². The smallest absolute Gasteiger partial charge is 0.228 e.